The molecule has 32 heavy (non-hydrogen) atoms. The standard InChI is InChI=1S/C23H24N6O3/c1-27-19-9-5-4-8-17(19)26-23(27)29-12-10-28(11-13-29)20(30)14-18-22(32)24-16-7-3-2-6-15(16)21(31)25-18/h2-9,18H,10-14H2,1H3,(H,24,32)(H,25,31)/t18-/m0/s1. The van der Waals surface area contributed by atoms with Crippen LogP contribution in [0.2, 0.25) is 0 Å². The lowest BCUT2D eigenvalue weighted by atomic mass is 10.1. The molecule has 2 aliphatic heterocycles. The van der Waals surface area contributed by atoms with Gasteiger partial charge in [0.2, 0.25) is 17.8 Å². The number of aromatic nitrogens is 2. The summed E-state index contributed by atoms with van der Waals surface area (Å²) in [6.45, 7) is 2.37. The summed E-state index contributed by atoms with van der Waals surface area (Å²) in [5, 5.41) is 5.44. The highest BCUT2D eigenvalue weighted by molar-refractivity contribution is 6.10. The van der Waals surface area contributed by atoms with Gasteiger partial charge in [-0.3, -0.25) is 14.4 Å². The molecule has 1 atom stereocenters. The number of anilines is 2. The van der Waals surface area contributed by atoms with Gasteiger partial charge in [-0.25, -0.2) is 4.98 Å². The lowest BCUT2D eigenvalue weighted by Crippen LogP contribution is -2.52. The summed E-state index contributed by atoms with van der Waals surface area (Å²) in [7, 11) is 1.99. The maximum absolute atomic E-state index is 12.9. The molecular weight excluding hydrogens is 408 g/mol. The average Bonchev–Trinajstić information content (AvgIpc) is 3.09. The first kappa shape index (κ1) is 20.0. The molecule has 5 rings (SSSR count). The smallest absolute Gasteiger partial charge is 0.254 e. The van der Waals surface area contributed by atoms with Crippen molar-refractivity contribution in [3.05, 3.63) is 54.1 Å². The molecule has 3 amide bonds. The number of carbonyl (C=O) groups is 3. The number of nitrogens with one attached hydrogen (secondary N) is 2. The summed E-state index contributed by atoms with van der Waals surface area (Å²) in [6, 6.07) is 13.9. The van der Waals surface area contributed by atoms with Crippen molar-refractivity contribution in [2.45, 2.75) is 12.5 Å². The Kier molecular flexibility index (Phi) is 5.01. The number of hydrogen-bond acceptors (Lipinski definition) is 5. The van der Waals surface area contributed by atoms with E-state index in [-0.39, 0.29) is 24.1 Å². The van der Waals surface area contributed by atoms with Gasteiger partial charge >= 0.3 is 0 Å². The molecule has 0 bridgehead atoms. The number of fused-ring (bicyclic) bond motifs is 2. The molecule has 0 aliphatic carbocycles. The van der Waals surface area contributed by atoms with Gasteiger partial charge in [0.25, 0.3) is 5.91 Å². The molecular formula is C23H24N6O3. The van der Waals surface area contributed by atoms with Crippen LogP contribution in [-0.2, 0) is 16.6 Å². The zero-order valence-corrected chi connectivity index (χ0v) is 17.7. The van der Waals surface area contributed by atoms with Gasteiger partial charge in [0, 0.05) is 33.2 Å². The highest BCUT2D eigenvalue weighted by Crippen LogP contribution is 2.23. The number of aryl methyl sites for hydroxylation is 1. The predicted octanol–water partition coefficient (Wildman–Crippen LogP) is 1.36. The van der Waals surface area contributed by atoms with Gasteiger partial charge in [-0.1, -0.05) is 24.3 Å². The number of imidazole rings is 1. The van der Waals surface area contributed by atoms with Crippen molar-refractivity contribution < 1.29 is 14.4 Å². The van der Waals surface area contributed by atoms with Crippen LogP contribution < -0.4 is 15.5 Å². The third-order valence-electron chi connectivity index (χ3n) is 6.11. The lowest BCUT2D eigenvalue weighted by Gasteiger charge is -2.35. The van der Waals surface area contributed by atoms with Crippen molar-refractivity contribution in [2.75, 3.05) is 36.4 Å². The van der Waals surface area contributed by atoms with Gasteiger partial charge in [-0.2, -0.15) is 0 Å². The van der Waals surface area contributed by atoms with Crippen molar-refractivity contribution in [1.29, 1.82) is 0 Å². The van der Waals surface area contributed by atoms with Crippen molar-refractivity contribution in [1.82, 2.24) is 19.8 Å². The predicted molar refractivity (Wildman–Crippen MR) is 120 cm³/mol. The molecule has 1 saturated heterocycles. The van der Waals surface area contributed by atoms with Crippen LogP contribution in [0.5, 0.6) is 0 Å². The fourth-order valence-corrected chi connectivity index (χ4v) is 4.33. The maximum Gasteiger partial charge on any atom is 0.254 e. The van der Waals surface area contributed by atoms with Crippen LogP contribution >= 0.6 is 0 Å². The molecule has 9 nitrogen and oxygen atoms in total. The molecule has 3 aromatic rings. The Morgan fingerprint density at radius 2 is 1.75 bits per heavy atom. The topological polar surface area (TPSA) is 99.6 Å². The van der Waals surface area contributed by atoms with E-state index in [0.29, 0.717) is 37.4 Å². The summed E-state index contributed by atoms with van der Waals surface area (Å²) in [4.78, 5) is 46.6. The Balaban J connectivity index is 1.23. The van der Waals surface area contributed by atoms with Gasteiger partial charge < -0.3 is 25.0 Å². The number of amides is 3. The first-order valence-electron chi connectivity index (χ1n) is 10.7. The highest BCUT2D eigenvalue weighted by atomic mass is 16.2. The summed E-state index contributed by atoms with van der Waals surface area (Å²) < 4.78 is 2.07. The third kappa shape index (κ3) is 3.55. The van der Waals surface area contributed by atoms with Crippen molar-refractivity contribution >= 4 is 40.4 Å². The van der Waals surface area contributed by atoms with Crippen molar-refractivity contribution in [2.24, 2.45) is 7.05 Å². The van der Waals surface area contributed by atoms with Gasteiger partial charge in [0.15, 0.2) is 0 Å². The Morgan fingerprint density at radius 1 is 1.03 bits per heavy atom. The van der Waals surface area contributed by atoms with E-state index in [2.05, 4.69) is 20.1 Å². The van der Waals surface area contributed by atoms with Crippen molar-refractivity contribution in [3.8, 4) is 0 Å². The molecule has 0 unspecified atom stereocenters. The molecule has 2 aliphatic rings. The van der Waals surface area contributed by atoms with E-state index >= 15 is 0 Å². The molecule has 9 heteroatoms. The summed E-state index contributed by atoms with van der Waals surface area (Å²) in [5.74, 6) is -0.00839. The van der Waals surface area contributed by atoms with E-state index in [0.717, 1.165) is 17.0 Å². The molecule has 0 saturated carbocycles. The first-order chi connectivity index (χ1) is 15.5. The summed E-state index contributed by atoms with van der Waals surface area (Å²) in [5.41, 5.74) is 2.87. The molecule has 0 radical (unpaired) electrons. The third-order valence-corrected chi connectivity index (χ3v) is 6.11. The fourth-order valence-electron chi connectivity index (χ4n) is 4.33. The first-order valence-corrected chi connectivity index (χ1v) is 10.7. The summed E-state index contributed by atoms with van der Waals surface area (Å²) >= 11 is 0. The lowest BCUT2D eigenvalue weighted by molar-refractivity contribution is -0.134. The minimum absolute atomic E-state index is 0.0716. The molecule has 2 N–H and O–H groups in total. The second kappa shape index (κ2) is 7.99. The number of rotatable bonds is 3. The van der Waals surface area contributed by atoms with Crippen LogP contribution in [0, 0.1) is 0 Å². The second-order valence-corrected chi connectivity index (χ2v) is 8.09. The molecule has 0 spiro atoms. The number of benzene rings is 2. The van der Waals surface area contributed by atoms with Crippen LogP contribution in [0.4, 0.5) is 11.6 Å². The van der Waals surface area contributed by atoms with Crippen LogP contribution in [0.25, 0.3) is 11.0 Å². The van der Waals surface area contributed by atoms with E-state index in [1.54, 1.807) is 29.2 Å². The molecule has 3 heterocycles. The second-order valence-electron chi connectivity index (χ2n) is 8.09. The number of piperazine rings is 1. The Labute approximate surface area is 185 Å². The minimum Gasteiger partial charge on any atom is -0.340 e. The Bertz CT molecular complexity index is 1210. The molecule has 2 aromatic carbocycles. The molecule has 1 fully saturated rings. The summed E-state index contributed by atoms with van der Waals surface area (Å²) in [6.07, 6.45) is -0.0716. The van der Waals surface area contributed by atoms with E-state index in [9.17, 15) is 14.4 Å². The number of hydrogen-bond donors (Lipinski definition) is 2. The number of carbonyl (C=O) groups excluding carboxylic acids is 3. The van der Waals surface area contributed by atoms with Crippen LogP contribution in [0.15, 0.2) is 48.5 Å². The van der Waals surface area contributed by atoms with Gasteiger partial charge in [-0.15, -0.1) is 0 Å². The zero-order valence-electron chi connectivity index (χ0n) is 17.7. The van der Waals surface area contributed by atoms with Crippen molar-refractivity contribution in [3.63, 3.8) is 0 Å². The van der Waals surface area contributed by atoms with Gasteiger partial charge in [0.05, 0.1) is 28.7 Å². The van der Waals surface area contributed by atoms with E-state index in [4.69, 9.17) is 4.98 Å². The Hall–Kier alpha value is -3.88. The zero-order chi connectivity index (χ0) is 22.2. The molecule has 164 valence electrons. The SMILES string of the molecule is Cn1c(N2CCN(C(=O)C[C@@H]3NC(=O)c4ccccc4NC3=O)CC2)nc2ccccc21. The molecule has 1 aromatic heterocycles. The maximum atomic E-state index is 12.9. The van der Waals surface area contributed by atoms with E-state index in [1.165, 1.54) is 0 Å². The minimum atomic E-state index is -0.903. The van der Waals surface area contributed by atoms with Crippen LogP contribution in [0.3, 0.4) is 0 Å². The largest absolute Gasteiger partial charge is 0.340 e. The number of nitrogens with zero attached hydrogens (tertiary/aromatic N) is 4. The van der Waals surface area contributed by atoms with Gasteiger partial charge in [-0.05, 0) is 24.3 Å². The highest BCUT2D eigenvalue weighted by Gasteiger charge is 2.32. The van der Waals surface area contributed by atoms with E-state index < -0.39 is 6.04 Å². The fraction of sp³-hybridized carbons (Fsp3) is 0.304. The van der Waals surface area contributed by atoms with Gasteiger partial charge in [0.1, 0.15) is 6.04 Å². The Morgan fingerprint density at radius 3 is 2.53 bits per heavy atom. The monoisotopic (exact) mass is 432 g/mol. The quantitative estimate of drug-likeness (QED) is 0.651. The van der Waals surface area contributed by atoms with E-state index in [1.807, 2.05) is 31.3 Å². The average molecular weight is 432 g/mol. The number of para-hydroxylation sites is 3. The van der Waals surface area contributed by atoms with Crippen LogP contribution in [-0.4, -0.2) is 64.4 Å². The van der Waals surface area contributed by atoms with Crippen LogP contribution in [0.1, 0.15) is 16.8 Å². The normalized spacial score (nSPS) is 18.7.